The molecule has 4 rings (SSSR count). The van der Waals surface area contributed by atoms with Crippen molar-refractivity contribution in [2.45, 2.75) is 13.0 Å². The highest BCUT2D eigenvalue weighted by molar-refractivity contribution is 6.11. The Bertz CT molecular complexity index is 1650. The molecule has 43 heavy (non-hydrogen) atoms. The van der Waals surface area contributed by atoms with Crippen LogP contribution in [0.1, 0.15) is 48.6 Å². The van der Waals surface area contributed by atoms with E-state index < -0.39 is 23.8 Å². The van der Waals surface area contributed by atoms with Gasteiger partial charge in [0, 0.05) is 28.9 Å². The van der Waals surface area contributed by atoms with Crippen LogP contribution in [-0.4, -0.2) is 43.2 Å². The van der Waals surface area contributed by atoms with E-state index in [1.807, 2.05) is 30.3 Å². The monoisotopic (exact) mass is 578 g/mol. The lowest BCUT2D eigenvalue weighted by molar-refractivity contribution is -0.140. The summed E-state index contributed by atoms with van der Waals surface area (Å²) in [6, 6.07) is 27.0. The zero-order valence-electron chi connectivity index (χ0n) is 23.4. The van der Waals surface area contributed by atoms with E-state index in [0.717, 1.165) is 5.56 Å². The summed E-state index contributed by atoms with van der Waals surface area (Å²) in [5.41, 5.74) is 8.69. The summed E-state index contributed by atoms with van der Waals surface area (Å²) >= 11 is 0. The van der Waals surface area contributed by atoms with Gasteiger partial charge in [-0.1, -0.05) is 54.6 Å². The highest BCUT2D eigenvalue weighted by Crippen LogP contribution is 2.30. The molecule has 0 saturated heterocycles. The highest BCUT2D eigenvalue weighted by Gasteiger charge is 2.22. The topological polar surface area (TPSA) is 161 Å². The Morgan fingerprint density at radius 1 is 0.767 bits per heavy atom. The van der Waals surface area contributed by atoms with Crippen molar-refractivity contribution in [3.63, 3.8) is 0 Å². The lowest BCUT2D eigenvalue weighted by Gasteiger charge is -2.15. The number of carbonyl (C=O) groups excluding carboxylic acids is 4. The first-order chi connectivity index (χ1) is 20.8. The summed E-state index contributed by atoms with van der Waals surface area (Å²) in [6.45, 7) is 0.0600. The second-order valence-electron chi connectivity index (χ2n) is 9.39. The Hall–Kier alpha value is -5.77. The molecule has 0 atom stereocenters. The lowest BCUT2D eigenvalue weighted by Crippen LogP contribution is -2.26. The molecule has 0 aliphatic heterocycles. The van der Waals surface area contributed by atoms with Crippen LogP contribution in [0.2, 0.25) is 0 Å². The Labute approximate surface area is 248 Å². The average molecular weight is 579 g/mol. The predicted octanol–water partition coefficient (Wildman–Crippen LogP) is 4.54. The van der Waals surface area contributed by atoms with Gasteiger partial charge in [-0.15, -0.1) is 0 Å². The van der Waals surface area contributed by atoms with E-state index in [0.29, 0.717) is 22.4 Å². The summed E-state index contributed by atoms with van der Waals surface area (Å²) in [7, 11) is 1.26. The maximum absolute atomic E-state index is 13.4. The third kappa shape index (κ3) is 7.92. The van der Waals surface area contributed by atoms with Crippen LogP contribution in [0.5, 0.6) is 0 Å². The molecule has 0 radical (unpaired) electrons. The van der Waals surface area contributed by atoms with Gasteiger partial charge in [0.1, 0.15) is 12.4 Å². The van der Waals surface area contributed by atoms with Gasteiger partial charge in [0.15, 0.2) is 0 Å². The third-order valence-corrected chi connectivity index (χ3v) is 6.47. The van der Waals surface area contributed by atoms with Crippen molar-refractivity contribution < 1.29 is 28.7 Å². The summed E-state index contributed by atoms with van der Waals surface area (Å²) in [4.78, 5) is 51.1. The standard InChI is InChI=1S/C33H30N4O6/c1-42-29(38)17-18-36-31(39)23-13-16-26(28(19-23)33(41)43-20-21-7-3-2-4-8-21)25-9-5-6-10-27(25)32(40)37-24-14-11-22(12-15-24)30(34)35/h2-16,19H,17-18,20H2,1H3,(H3,34,35)(H,36,39)(H,37,40). The smallest absolute Gasteiger partial charge is 0.339 e. The van der Waals surface area contributed by atoms with Crippen molar-refractivity contribution in [1.82, 2.24) is 5.32 Å². The highest BCUT2D eigenvalue weighted by atomic mass is 16.5. The Balaban J connectivity index is 1.66. The third-order valence-electron chi connectivity index (χ3n) is 6.47. The van der Waals surface area contributed by atoms with Crippen LogP contribution in [0.3, 0.4) is 0 Å². The van der Waals surface area contributed by atoms with Crippen molar-refractivity contribution in [1.29, 1.82) is 5.41 Å². The minimum Gasteiger partial charge on any atom is -0.469 e. The second-order valence-corrected chi connectivity index (χ2v) is 9.39. The van der Waals surface area contributed by atoms with Gasteiger partial charge in [-0.25, -0.2) is 4.79 Å². The molecule has 0 spiro atoms. The number of nitrogens with one attached hydrogen (secondary N) is 3. The molecule has 0 saturated carbocycles. The van der Waals surface area contributed by atoms with Crippen LogP contribution in [0, 0.1) is 5.41 Å². The molecule has 0 aliphatic carbocycles. The first-order valence-corrected chi connectivity index (χ1v) is 13.3. The number of anilines is 1. The fraction of sp³-hybridized carbons (Fsp3) is 0.121. The molecule has 10 nitrogen and oxygen atoms in total. The zero-order chi connectivity index (χ0) is 30.8. The minimum atomic E-state index is -0.682. The van der Waals surface area contributed by atoms with Crippen LogP contribution >= 0.6 is 0 Å². The molecule has 0 aromatic heterocycles. The summed E-state index contributed by atoms with van der Waals surface area (Å²) in [5, 5.41) is 13.0. The quantitative estimate of drug-likeness (QED) is 0.115. The molecule has 10 heteroatoms. The first kappa shape index (κ1) is 30.2. The molecule has 0 bridgehead atoms. The van der Waals surface area contributed by atoms with E-state index in [4.69, 9.17) is 15.9 Å². The number of ether oxygens (including phenoxy) is 2. The summed E-state index contributed by atoms with van der Waals surface area (Å²) in [6.07, 6.45) is -0.00767. The van der Waals surface area contributed by atoms with E-state index in [1.54, 1.807) is 54.6 Å². The van der Waals surface area contributed by atoms with E-state index in [-0.39, 0.29) is 42.1 Å². The van der Waals surface area contributed by atoms with Crippen molar-refractivity contribution in [2.75, 3.05) is 19.0 Å². The van der Waals surface area contributed by atoms with Crippen LogP contribution < -0.4 is 16.4 Å². The number of nitrogen functional groups attached to an aromatic ring is 1. The number of rotatable bonds is 11. The van der Waals surface area contributed by atoms with Gasteiger partial charge in [0.25, 0.3) is 11.8 Å². The molecule has 0 aliphatic rings. The molecule has 218 valence electrons. The van der Waals surface area contributed by atoms with Gasteiger partial charge in [0.2, 0.25) is 0 Å². The first-order valence-electron chi connectivity index (χ1n) is 13.3. The molecule has 5 N–H and O–H groups in total. The van der Waals surface area contributed by atoms with Crippen molar-refractivity contribution in [3.05, 3.63) is 125 Å². The average Bonchev–Trinajstić information content (AvgIpc) is 3.03. The Morgan fingerprint density at radius 2 is 1.42 bits per heavy atom. The maximum atomic E-state index is 13.4. The number of amidine groups is 1. The SMILES string of the molecule is COC(=O)CCNC(=O)c1ccc(-c2ccccc2C(=O)Nc2ccc(C(=N)N)cc2)c(C(=O)OCc2ccccc2)c1. The molecule has 0 fully saturated rings. The largest absolute Gasteiger partial charge is 0.469 e. The maximum Gasteiger partial charge on any atom is 0.339 e. The van der Waals surface area contributed by atoms with E-state index in [2.05, 4.69) is 15.4 Å². The minimum absolute atomic E-state index is 0.00700. The molecular formula is C33H30N4O6. The normalized spacial score (nSPS) is 10.3. The predicted molar refractivity (Wildman–Crippen MR) is 162 cm³/mol. The van der Waals surface area contributed by atoms with E-state index in [1.165, 1.54) is 19.2 Å². The lowest BCUT2D eigenvalue weighted by atomic mass is 9.93. The number of hydrogen-bond acceptors (Lipinski definition) is 7. The van der Waals surface area contributed by atoms with Crippen LogP contribution in [-0.2, 0) is 20.9 Å². The molecule has 4 aromatic carbocycles. The van der Waals surface area contributed by atoms with Gasteiger partial charge in [0.05, 0.1) is 19.1 Å². The zero-order valence-corrected chi connectivity index (χ0v) is 23.4. The van der Waals surface area contributed by atoms with E-state index >= 15 is 0 Å². The number of esters is 2. The number of methoxy groups -OCH3 is 1. The molecule has 2 amide bonds. The van der Waals surface area contributed by atoms with Crippen LogP contribution in [0.15, 0.2) is 97.1 Å². The van der Waals surface area contributed by atoms with Gasteiger partial charge in [-0.3, -0.25) is 19.8 Å². The molecular weight excluding hydrogens is 548 g/mol. The van der Waals surface area contributed by atoms with Gasteiger partial charge < -0.3 is 25.8 Å². The Kier molecular flexibility index (Phi) is 9.99. The van der Waals surface area contributed by atoms with Gasteiger partial charge in [-0.05, 0) is 59.2 Å². The van der Waals surface area contributed by atoms with Crippen molar-refractivity contribution >= 4 is 35.3 Å². The number of hydrogen-bond donors (Lipinski definition) is 4. The summed E-state index contributed by atoms with van der Waals surface area (Å²) < 4.78 is 10.2. The summed E-state index contributed by atoms with van der Waals surface area (Å²) in [5.74, 6) is -2.16. The number of benzene rings is 4. The molecule has 0 unspecified atom stereocenters. The Morgan fingerprint density at radius 3 is 2.12 bits per heavy atom. The van der Waals surface area contributed by atoms with Gasteiger partial charge in [-0.2, -0.15) is 0 Å². The molecule has 0 heterocycles. The van der Waals surface area contributed by atoms with Gasteiger partial charge >= 0.3 is 11.9 Å². The second kappa shape index (κ2) is 14.2. The fourth-order valence-electron chi connectivity index (χ4n) is 4.22. The van der Waals surface area contributed by atoms with Crippen LogP contribution in [0.25, 0.3) is 11.1 Å². The van der Waals surface area contributed by atoms with Crippen molar-refractivity contribution in [3.8, 4) is 11.1 Å². The number of carbonyl (C=O) groups is 4. The van der Waals surface area contributed by atoms with Crippen LogP contribution in [0.4, 0.5) is 5.69 Å². The number of amides is 2. The fourth-order valence-corrected chi connectivity index (χ4v) is 4.22. The number of nitrogens with two attached hydrogens (primary N) is 1. The molecule has 4 aromatic rings. The van der Waals surface area contributed by atoms with Crippen molar-refractivity contribution in [2.24, 2.45) is 5.73 Å². The van der Waals surface area contributed by atoms with E-state index in [9.17, 15) is 19.2 Å².